The highest BCUT2D eigenvalue weighted by molar-refractivity contribution is 6.30. The van der Waals surface area contributed by atoms with Gasteiger partial charge in [0.1, 0.15) is 0 Å². The van der Waals surface area contributed by atoms with Crippen LogP contribution >= 0.6 is 11.6 Å². The van der Waals surface area contributed by atoms with Crippen LogP contribution in [0, 0.1) is 5.92 Å². The minimum atomic E-state index is -0.994. The normalized spacial score (nSPS) is 12.8. The average Bonchev–Trinajstić information content (AvgIpc) is 2.51. The molecule has 3 amide bonds. The summed E-state index contributed by atoms with van der Waals surface area (Å²) in [5.41, 5.74) is 0.873. The fourth-order valence-electron chi connectivity index (χ4n) is 1.65. The van der Waals surface area contributed by atoms with Crippen molar-refractivity contribution in [3.63, 3.8) is 0 Å². The van der Waals surface area contributed by atoms with Gasteiger partial charge in [0.2, 0.25) is 5.91 Å². The Balaban J connectivity index is 2.28. The van der Waals surface area contributed by atoms with Crippen LogP contribution in [0.4, 0.5) is 4.79 Å². The van der Waals surface area contributed by atoms with Gasteiger partial charge in [-0.3, -0.25) is 9.59 Å². The highest BCUT2D eigenvalue weighted by Gasteiger charge is 2.20. The van der Waals surface area contributed by atoms with Crippen LogP contribution in [0.5, 0.6) is 0 Å². The predicted octanol–water partition coefficient (Wildman–Crippen LogP) is 1.36. The fraction of sp³-hybridized carbons (Fsp3) is 0.400. The molecule has 2 unspecified atom stereocenters. The molecular formula is C15H20ClN3O4. The molecule has 0 bridgehead atoms. The summed E-state index contributed by atoms with van der Waals surface area (Å²) in [7, 11) is 0. The van der Waals surface area contributed by atoms with Gasteiger partial charge in [-0.15, -0.1) is 0 Å². The molecular weight excluding hydrogens is 322 g/mol. The molecule has 1 rings (SSSR count). The van der Waals surface area contributed by atoms with E-state index in [1.54, 1.807) is 31.2 Å². The van der Waals surface area contributed by atoms with Crippen molar-refractivity contribution in [2.75, 3.05) is 6.54 Å². The van der Waals surface area contributed by atoms with Gasteiger partial charge in [-0.05, 0) is 31.5 Å². The van der Waals surface area contributed by atoms with Gasteiger partial charge >= 0.3 is 12.0 Å². The number of hydrogen-bond acceptors (Lipinski definition) is 3. The Morgan fingerprint density at radius 1 is 1.13 bits per heavy atom. The van der Waals surface area contributed by atoms with Crippen molar-refractivity contribution in [3.8, 4) is 0 Å². The van der Waals surface area contributed by atoms with E-state index in [9.17, 15) is 14.4 Å². The van der Waals surface area contributed by atoms with E-state index < -0.39 is 29.9 Å². The third-order valence-corrected chi connectivity index (χ3v) is 3.56. The first kappa shape index (κ1) is 18.8. The second kappa shape index (κ2) is 8.99. The van der Waals surface area contributed by atoms with Crippen LogP contribution in [0.1, 0.15) is 19.4 Å². The van der Waals surface area contributed by atoms with Crippen molar-refractivity contribution in [2.24, 2.45) is 5.92 Å². The highest BCUT2D eigenvalue weighted by Crippen LogP contribution is 2.08. The van der Waals surface area contributed by atoms with Crippen molar-refractivity contribution < 1.29 is 19.5 Å². The maximum Gasteiger partial charge on any atom is 0.315 e. The molecule has 0 spiro atoms. The third kappa shape index (κ3) is 7.01. The van der Waals surface area contributed by atoms with Crippen LogP contribution in [0.15, 0.2) is 24.3 Å². The first-order valence-corrected chi connectivity index (χ1v) is 7.45. The summed E-state index contributed by atoms with van der Waals surface area (Å²) in [6.45, 7) is 3.16. The lowest BCUT2D eigenvalue weighted by Gasteiger charge is -2.17. The number of amides is 3. The Labute approximate surface area is 139 Å². The molecule has 23 heavy (non-hydrogen) atoms. The van der Waals surface area contributed by atoms with Gasteiger partial charge in [0.05, 0.1) is 12.5 Å². The van der Waals surface area contributed by atoms with Gasteiger partial charge < -0.3 is 21.1 Å². The van der Waals surface area contributed by atoms with Gasteiger partial charge in [-0.25, -0.2) is 4.79 Å². The smallest absolute Gasteiger partial charge is 0.315 e. The predicted molar refractivity (Wildman–Crippen MR) is 86.1 cm³/mol. The lowest BCUT2D eigenvalue weighted by Crippen LogP contribution is -2.46. The van der Waals surface area contributed by atoms with Crippen LogP contribution in [0.2, 0.25) is 5.02 Å². The second-order valence-corrected chi connectivity index (χ2v) is 5.58. The maximum absolute atomic E-state index is 11.6. The largest absolute Gasteiger partial charge is 0.481 e. The zero-order chi connectivity index (χ0) is 17.4. The Hall–Kier alpha value is -2.28. The van der Waals surface area contributed by atoms with Gasteiger partial charge in [0, 0.05) is 17.6 Å². The van der Waals surface area contributed by atoms with Crippen LogP contribution in [0.3, 0.4) is 0 Å². The number of carboxylic acids is 1. The quantitative estimate of drug-likeness (QED) is 0.600. The lowest BCUT2D eigenvalue weighted by atomic mass is 10.0. The van der Waals surface area contributed by atoms with E-state index in [0.717, 1.165) is 5.56 Å². The van der Waals surface area contributed by atoms with Crippen molar-refractivity contribution in [1.82, 2.24) is 16.0 Å². The maximum atomic E-state index is 11.6. The van der Waals surface area contributed by atoms with Gasteiger partial charge in [-0.2, -0.15) is 0 Å². The van der Waals surface area contributed by atoms with Crippen LogP contribution in [0.25, 0.3) is 0 Å². The summed E-state index contributed by atoms with van der Waals surface area (Å²) in [5.74, 6) is -2.16. The molecule has 126 valence electrons. The van der Waals surface area contributed by atoms with E-state index >= 15 is 0 Å². The molecule has 0 radical (unpaired) electrons. The third-order valence-electron chi connectivity index (χ3n) is 3.30. The SMILES string of the molecule is CC(NC(=O)CNC(=O)NCc1ccc(Cl)cc1)C(C)C(=O)O. The number of carbonyl (C=O) groups excluding carboxylic acids is 2. The molecule has 7 nitrogen and oxygen atoms in total. The number of nitrogens with one attached hydrogen (secondary N) is 3. The van der Waals surface area contributed by atoms with Gasteiger partial charge in [0.25, 0.3) is 0 Å². The molecule has 1 aromatic carbocycles. The van der Waals surface area contributed by atoms with Crippen molar-refractivity contribution >= 4 is 29.5 Å². The first-order valence-electron chi connectivity index (χ1n) is 7.08. The number of carbonyl (C=O) groups is 3. The Kier molecular flexibility index (Phi) is 7.34. The highest BCUT2D eigenvalue weighted by atomic mass is 35.5. The summed E-state index contributed by atoms with van der Waals surface area (Å²) < 4.78 is 0. The molecule has 4 N–H and O–H groups in total. The molecule has 0 aliphatic heterocycles. The standard InChI is InChI=1S/C15H20ClN3O4/c1-9(14(21)22)10(2)19-13(20)8-18-15(23)17-7-11-3-5-12(16)6-4-11/h3-6,9-10H,7-8H2,1-2H3,(H,19,20)(H,21,22)(H2,17,18,23). The molecule has 2 atom stereocenters. The molecule has 1 aromatic rings. The Morgan fingerprint density at radius 3 is 2.30 bits per heavy atom. The van der Waals surface area contributed by atoms with E-state index in [4.69, 9.17) is 16.7 Å². The number of halogens is 1. The number of urea groups is 1. The minimum absolute atomic E-state index is 0.233. The zero-order valence-electron chi connectivity index (χ0n) is 12.9. The summed E-state index contributed by atoms with van der Waals surface area (Å²) in [6, 6.07) is 5.98. The topological polar surface area (TPSA) is 108 Å². The molecule has 0 aliphatic rings. The summed E-state index contributed by atoms with van der Waals surface area (Å²) in [5, 5.41) is 17.0. The lowest BCUT2D eigenvalue weighted by molar-refractivity contribution is -0.142. The summed E-state index contributed by atoms with van der Waals surface area (Å²) in [6.07, 6.45) is 0. The van der Waals surface area contributed by atoms with E-state index in [1.165, 1.54) is 6.92 Å². The zero-order valence-corrected chi connectivity index (χ0v) is 13.7. The Bertz CT molecular complexity index is 562. The van der Waals surface area contributed by atoms with Crippen LogP contribution in [-0.2, 0) is 16.1 Å². The van der Waals surface area contributed by atoms with E-state index in [0.29, 0.717) is 11.6 Å². The summed E-state index contributed by atoms with van der Waals surface area (Å²) >= 11 is 5.76. The van der Waals surface area contributed by atoms with E-state index in [2.05, 4.69) is 16.0 Å². The molecule has 0 aliphatic carbocycles. The minimum Gasteiger partial charge on any atom is -0.481 e. The molecule has 8 heteroatoms. The first-order chi connectivity index (χ1) is 10.8. The number of rotatable bonds is 7. The molecule has 0 saturated carbocycles. The van der Waals surface area contributed by atoms with Crippen molar-refractivity contribution in [1.29, 1.82) is 0 Å². The number of carboxylic acid groups (broad SMARTS) is 1. The van der Waals surface area contributed by atoms with E-state index in [1.807, 2.05) is 0 Å². The van der Waals surface area contributed by atoms with Gasteiger partial charge in [0.15, 0.2) is 0 Å². The summed E-state index contributed by atoms with van der Waals surface area (Å²) in [4.78, 5) is 34.0. The average molecular weight is 342 g/mol. The molecule has 0 heterocycles. The number of benzene rings is 1. The van der Waals surface area contributed by atoms with E-state index in [-0.39, 0.29) is 6.54 Å². The fourth-order valence-corrected chi connectivity index (χ4v) is 1.78. The second-order valence-electron chi connectivity index (χ2n) is 5.15. The molecule has 0 fully saturated rings. The molecule has 0 aromatic heterocycles. The number of hydrogen-bond donors (Lipinski definition) is 4. The van der Waals surface area contributed by atoms with Gasteiger partial charge in [-0.1, -0.05) is 23.7 Å². The van der Waals surface area contributed by atoms with Crippen molar-refractivity contribution in [3.05, 3.63) is 34.9 Å². The van der Waals surface area contributed by atoms with Crippen LogP contribution in [-0.4, -0.2) is 35.6 Å². The van der Waals surface area contributed by atoms with Crippen LogP contribution < -0.4 is 16.0 Å². The number of aliphatic carboxylic acids is 1. The van der Waals surface area contributed by atoms with Crippen molar-refractivity contribution in [2.45, 2.75) is 26.4 Å². The monoisotopic (exact) mass is 341 g/mol. The Morgan fingerprint density at radius 2 is 1.74 bits per heavy atom. The molecule has 0 saturated heterocycles.